The summed E-state index contributed by atoms with van der Waals surface area (Å²) in [4.78, 5) is 26.5. The van der Waals surface area contributed by atoms with Crippen molar-refractivity contribution in [2.75, 3.05) is 13.1 Å². The first-order chi connectivity index (χ1) is 11.4. The highest BCUT2D eigenvalue weighted by atomic mass is 35.5. The third-order valence-electron chi connectivity index (χ3n) is 4.65. The van der Waals surface area contributed by atoms with Crippen molar-refractivity contribution in [1.29, 1.82) is 0 Å². The van der Waals surface area contributed by atoms with Crippen LogP contribution in [0.15, 0.2) is 24.3 Å². The SMILES string of the molecule is CCC(NC(=O)C1CCN(C(=O)C(C)C)CC1)c1cccc(Cl)c1. The maximum Gasteiger partial charge on any atom is 0.225 e. The Hall–Kier alpha value is -1.55. The molecule has 0 spiro atoms. The summed E-state index contributed by atoms with van der Waals surface area (Å²) < 4.78 is 0. The third-order valence-corrected chi connectivity index (χ3v) is 4.88. The number of halogens is 1. The lowest BCUT2D eigenvalue weighted by Crippen LogP contribution is -2.44. The van der Waals surface area contributed by atoms with Crippen LogP contribution in [0.5, 0.6) is 0 Å². The minimum absolute atomic E-state index is 0.0164. The number of benzene rings is 1. The van der Waals surface area contributed by atoms with Crippen LogP contribution in [0.4, 0.5) is 0 Å². The Labute approximate surface area is 149 Å². The summed E-state index contributed by atoms with van der Waals surface area (Å²) >= 11 is 6.05. The molecule has 0 aromatic heterocycles. The maximum absolute atomic E-state index is 12.6. The van der Waals surface area contributed by atoms with Crippen molar-refractivity contribution in [3.05, 3.63) is 34.9 Å². The monoisotopic (exact) mass is 350 g/mol. The van der Waals surface area contributed by atoms with E-state index in [-0.39, 0.29) is 29.7 Å². The number of rotatable bonds is 5. The van der Waals surface area contributed by atoms with E-state index in [0.29, 0.717) is 18.1 Å². The van der Waals surface area contributed by atoms with Crippen LogP contribution < -0.4 is 5.32 Å². The molecular weight excluding hydrogens is 324 g/mol. The van der Waals surface area contributed by atoms with Gasteiger partial charge in [-0.3, -0.25) is 9.59 Å². The van der Waals surface area contributed by atoms with Gasteiger partial charge in [0.2, 0.25) is 11.8 Å². The predicted molar refractivity (Wildman–Crippen MR) is 96.8 cm³/mol. The highest BCUT2D eigenvalue weighted by Gasteiger charge is 2.29. The van der Waals surface area contributed by atoms with Gasteiger partial charge in [-0.05, 0) is 37.0 Å². The van der Waals surface area contributed by atoms with E-state index in [2.05, 4.69) is 12.2 Å². The van der Waals surface area contributed by atoms with Crippen LogP contribution in [-0.4, -0.2) is 29.8 Å². The normalized spacial score (nSPS) is 17.0. The van der Waals surface area contributed by atoms with Crippen LogP contribution in [-0.2, 0) is 9.59 Å². The molecule has 2 rings (SSSR count). The Balaban J connectivity index is 1.92. The molecule has 1 aromatic carbocycles. The summed E-state index contributed by atoms with van der Waals surface area (Å²) in [5.41, 5.74) is 1.03. The molecule has 1 aliphatic heterocycles. The van der Waals surface area contributed by atoms with Gasteiger partial charge in [0.1, 0.15) is 0 Å². The molecule has 132 valence electrons. The van der Waals surface area contributed by atoms with Gasteiger partial charge in [0.05, 0.1) is 6.04 Å². The molecule has 1 aromatic rings. The number of amides is 2. The molecule has 5 heteroatoms. The number of nitrogens with one attached hydrogen (secondary N) is 1. The van der Waals surface area contributed by atoms with E-state index >= 15 is 0 Å². The third kappa shape index (κ3) is 4.73. The Morgan fingerprint density at radius 2 is 1.96 bits per heavy atom. The second-order valence-electron chi connectivity index (χ2n) is 6.78. The van der Waals surface area contributed by atoms with Gasteiger partial charge >= 0.3 is 0 Å². The van der Waals surface area contributed by atoms with E-state index in [0.717, 1.165) is 24.8 Å². The topological polar surface area (TPSA) is 49.4 Å². The molecule has 1 heterocycles. The molecule has 0 saturated carbocycles. The number of carbonyl (C=O) groups is 2. The number of nitrogens with zero attached hydrogens (tertiary/aromatic N) is 1. The second kappa shape index (κ2) is 8.52. The smallest absolute Gasteiger partial charge is 0.225 e. The van der Waals surface area contributed by atoms with Crippen LogP contribution in [0.2, 0.25) is 5.02 Å². The first kappa shape index (κ1) is 18.8. The average molecular weight is 351 g/mol. The zero-order valence-corrected chi connectivity index (χ0v) is 15.5. The molecule has 1 aliphatic rings. The maximum atomic E-state index is 12.6. The Morgan fingerprint density at radius 3 is 2.50 bits per heavy atom. The van der Waals surface area contributed by atoms with Crippen molar-refractivity contribution in [2.45, 2.75) is 46.1 Å². The molecule has 0 bridgehead atoms. The van der Waals surface area contributed by atoms with Crippen molar-refractivity contribution >= 4 is 23.4 Å². The fraction of sp³-hybridized carbons (Fsp3) is 0.579. The van der Waals surface area contributed by atoms with E-state index in [1.165, 1.54) is 0 Å². The Kier molecular flexibility index (Phi) is 6.67. The molecule has 1 saturated heterocycles. The van der Waals surface area contributed by atoms with Gasteiger partial charge in [0.15, 0.2) is 0 Å². The molecule has 1 N–H and O–H groups in total. The van der Waals surface area contributed by atoms with Crippen molar-refractivity contribution in [3.63, 3.8) is 0 Å². The van der Waals surface area contributed by atoms with Crippen molar-refractivity contribution in [1.82, 2.24) is 10.2 Å². The van der Waals surface area contributed by atoms with Crippen LogP contribution in [0.3, 0.4) is 0 Å². The fourth-order valence-electron chi connectivity index (χ4n) is 3.16. The average Bonchev–Trinajstić information content (AvgIpc) is 2.58. The van der Waals surface area contributed by atoms with Crippen molar-refractivity contribution < 1.29 is 9.59 Å². The van der Waals surface area contributed by atoms with E-state index in [9.17, 15) is 9.59 Å². The van der Waals surface area contributed by atoms with Gasteiger partial charge < -0.3 is 10.2 Å². The van der Waals surface area contributed by atoms with Crippen molar-refractivity contribution in [3.8, 4) is 0 Å². The minimum Gasteiger partial charge on any atom is -0.349 e. The summed E-state index contributed by atoms with van der Waals surface area (Å²) in [5.74, 6) is 0.259. The number of hydrogen-bond donors (Lipinski definition) is 1. The van der Waals surface area contributed by atoms with Crippen LogP contribution >= 0.6 is 11.6 Å². The van der Waals surface area contributed by atoms with E-state index in [1.807, 2.05) is 43.0 Å². The zero-order chi connectivity index (χ0) is 17.7. The molecule has 2 amide bonds. The number of likely N-dealkylation sites (tertiary alicyclic amines) is 1. The minimum atomic E-state index is -0.0217. The highest BCUT2D eigenvalue weighted by Crippen LogP contribution is 2.23. The largest absolute Gasteiger partial charge is 0.349 e. The van der Waals surface area contributed by atoms with Crippen LogP contribution in [0.1, 0.15) is 51.6 Å². The lowest BCUT2D eigenvalue weighted by Gasteiger charge is -2.33. The molecule has 0 aliphatic carbocycles. The Bertz CT molecular complexity index is 580. The number of hydrogen-bond acceptors (Lipinski definition) is 2. The van der Waals surface area contributed by atoms with Gasteiger partial charge in [-0.1, -0.05) is 44.5 Å². The molecule has 1 atom stereocenters. The zero-order valence-electron chi connectivity index (χ0n) is 14.7. The van der Waals surface area contributed by atoms with Gasteiger partial charge in [0, 0.05) is 29.9 Å². The molecule has 4 nitrogen and oxygen atoms in total. The van der Waals surface area contributed by atoms with Gasteiger partial charge in [-0.2, -0.15) is 0 Å². The first-order valence-corrected chi connectivity index (χ1v) is 9.14. The van der Waals surface area contributed by atoms with E-state index in [4.69, 9.17) is 11.6 Å². The number of carbonyl (C=O) groups excluding carboxylic acids is 2. The van der Waals surface area contributed by atoms with E-state index in [1.54, 1.807) is 0 Å². The number of piperidine rings is 1. The van der Waals surface area contributed by atoms with Crippen LogP contribution in [0, 0.1) is 11.8 Å². The molecular formula is C19H27ClN2O2. The second-order valence-corrected chi connectivity index (χ2v) is 7.22. The highest BCUT2D eigenvalue weighted by molar-refractivity contribution is 6.30. The molecule has 24 heavy (non-hydrogen) atoms. The summed E-state index contributed by atoms with van der Waals surface area (Å²) in [6.45, 7) is 7.22. The summed E-state index contributed by atoms with van der Waals surface area (Å²) in [5, 5.41) is 3.83. The lowest BCUT2D eigenvalue weighted by molar-refractivity contribution is -0.138. The quantitative estimate of drug-likeness (QED) is 0.878. The standard InChI is InChI=1S/C19H27ClN2O2/c1-4-17(15-6-5-7-16(20)12-15)21-18(23)14-8-10-22(11-9-14)19(24)13(2)3/h5-7,12-14,17H,4,8-11H2,1-3H3,(H,21,23). The fourth-order valence-corrected chi connectivity index (χ4v) is 3.36. The molecule has 1 fully saturated rings. The van der Waals surface area contributed by atoms with Gasteiger partial charge in [-0.15, -0.1) is 0 Å². The first-order valence-electron chi connectivity index (χ1n) is 8.77. The van der Waals surface area contributed by atoms with Crippen LogP contribution in [0.25, 0.3) is 0 Å². The molecule has 1 unspecified atom stereocenters. The van der Waals surface area contributed by atoms with Crippen molar-refractivity contribution in [2.24, 2.45) is 11.8 Å². The predicted octanol–water partition coefficient (Wildman–Crippen LogP) is 3.80. The Morgan fingerprint density at radius 1 is 1.29 bits per heavy atom. The van der Waals surface area contributed by atoms with Gasteiger partial charge in [0.25, 0.3) is 0 Å². The lowest BCUT2D eigenvalue weighted by atomic mass is 9.94. The summed E-state index contributed by atoms with van der Waals surface area (Å²) in [6, 6.07) is 7.61. The summed E-state index contributed by atoms with van der Waals surface area (Å²) in [7, 11) is 0. The van der Waals surface area contributed by atoms with E-state index < -0.39 is 0 Å². The summed E-state index contributed by atoms with van der Waals surface area (Å²) in [6.07, 6.45) is 2.28. The molecule has 0 radical (unpaired) electrons. The van der Waals surface area contributed by atoms with Gasteiger partial charge in [-0.25, -0.2) is 0 Å².